The van der Waals surface area contributed by atoms with E-state index in [0.29, 0.717) is 5.15 Å². The second-order valence-electron chi connectivity index (χ2n) is 2.77. The zero-order chi connectivity index (χ0) is 9.42. The Hall–Kier alpha value is -0.610. The van der Waals surface area contributed by atoms with Crippen LogP contribution in [0.5, 0.6) is 0 Å². The average molecular weight is 261 g/mol. The quantitative estimate of drug-likeness (QED) is 0.583. The number of hydrogen-bond acceptors (Lipinski definition) is 2. The van der Waals surface area contributed by atoms with E-state index < -0.39 is 0 Å². The van der Waals surface area contributed by atoms with Crippen molar-refractivity contribution >= 4 is 38.7 Å². The van der Waals surface area contributed by atoms with Crippen LogP contribution in [0.3, 0.4) is 0 Å². The fourth-order valence-electron chi connectivity index (χ4n) is 1.23. The fraction of sp³-hybridized carbons (Fsp3) is 0.250. The molecule has 0 aromatic carbocycles. The van der Waals surface area contributed by atoms with Crippen LogP contribution in [0.4, 0.5) is 0 Å². The van der Waals surface area contributed by atoms with E-state index in [-0.39, 0.29) is 0 Å². The first-order valence-corrected chi connectivity index (χ1v) is 5.24. The molecule has 0 atom stereocenters. The molecule has 0 fully saturated rings. The van der Waals surface area contributed by atoms with Crippen molar-refractivity contribution < 1.29 is 0 Å². The molecule has 68 valence electrons. The van der Waals surface area contributed by atoms with Crippen LogP contribution in [-0.2, 0) is 12.4 Å². The summed E-state index contributed by atoms with van der Waals surface area (Å²) in [6.07, 6.45) is 1.74. The first kappa shape index (κ1) is 8.97. The molecule has 2 aromatic rings. The molecule has 3 nitrogen and oxygen atoms in total. The highest BCUT2D eigenvalue weighted by Gasteiger charge is 2.07. The monoisotopic (exact) mass is 259 g/mol. The summed E-state index contributed by atoms with van der Waals surface area (Å²) in [6.45, 7) is 0. The van der Waals surface area contributed by atoms with Crippen molar-refractivity contribution in [3.05, 3.63) is 23.1 Å². The fourth-order valence-corrected chi connectivity index (χ4v) is 1.87. The minimum atomic E-state index is 0.505. The predicted molar refractivity (Wildman–Crippen MR) is 56.2 cm³/mol. The summed E-state index contributed by atoms with van der Waals surface area (Å²) in [5, 5.41) is 1.24. The van der Waals surface area contributed by atoms with Gasteiger partial charge in [0, 0.05) is 12.4 Å². The third kappa shape index (κ3) is 1.44. The Morgan fingerprint density at radius 2 is 2.38 bits per heavy atom. The maximum Gasteiger partial charge on any atom is 0.161 e. The van der Waals surface area contributed by atoms with Crippen molar-refractivity contribution in [2.75, 3.05) is 0 Å². The number of aryl methyl sites for hydroxylation is 1. The van der Waals surface area contributed by atoms with E-state index in [9.17, 15) is 0 Å². The van der Waals surface area contributed by atoms with E-state index in [1.54, 1.807) is 6.33 Å². The normalized spacial score (nSPS) is 11.0. The van der Waals surface area contributed by atoms with Crippen LogP contribution in [0, 0.1) is 0 Å². The highest BCUT2D eigenvalue weighted by Crippen LogP contribution is 2.20. The molecule has 0 N–H and O–H groups in total. The van der Waals surface area contributed by atoms with Gasteiger partial charge in [0.1, 0.15) is 10.7 Å². The maximum absolute atomic E-state index is 5.86. The van der Waals surface area contributed by atoms with Gasteiger partial charge in [-0.3, -0.25) is 0 Å². The molecule has 2 aromatic heterocycles. The molecule has 0 aliphatic heterocycles. The maximum atomic E-state index is 5.86. The highest BCUT2D eigenvalue weighted by molar-refractivity contribution is 9.08. The first-order valence-electron chi connectivity index (χ1n) is 3.75. The summed E-state index contributed by atoms with van der Waals surface area (Å²) >= 11 is 9.24. The second kappa shape index (κ2) is 3.27. The number of halogens is 2. The Morgan fingerprint density at radius 1 is 1.62 bits per heavy atom. The van der Waals surface area contributed by atoms with Gasteiger partial charge in [0.2, 0.25) is 0 Å². The van der Waals surface area contributed by atoms with Crippen LogP contribution in [0.1, 0.15) is 5.56 Å². The molecule has 0 amide bonds. The molecular formula is C8H7BrClN3. The molecule has 0 saturated heterocycles. The second-order valence-corrected chi connectivity index (χ2v) is 3.71. The molecule has 0 aliphatic rings. The summed E-state index contributed by atoms with van der Waals surface area (Å²) in [7, 11) is 1.90. The van der Waals surface area contributed by atoms with Crippen molar-refractivity contribution in [2.45, 2.75) is 5.33 Å². The minimum Gasteiger partial charge on any atom is -0.318 e. The lowest BCUT2D eigenvalue weighted by molar-refractivity contribution is 0.931. The van der Waals surface area contributed by atoms with Crippen molar-refractivity contribution in [2.24, 2.45) is 7.05 Å². The van der Waals surface area contributed by atoms with Crippen LogP contribution < -0.4 is 0 Å². The number of aromatic nitrogens is 3. The van der Waals surface area contributed by atoms with Gasteiger partial charge in [0.05, 0.1) is 6.33 Å². The number of pyridine rings is 1. The molecule has 0 saturated carbocycles. The molecule has 5 heteroatoms. The van der Waals surface area contributed by atoms with Gasteiger partial charge in [-0.1, -0.05) is 27.5 Å². The van der Waals surface area contributed by atoms with E-state index in [0.717, 1.165) is 22.1 Å². The van der Waals surface area contributed by atoms with Crippen molar-refractivity contribution in [3.63, 3.8) is 0 Å². The summed E-state index contributed by atoms with van der Waals surface area (Å²) < 4.78 is 1.85. The van der Waals surface area contributed by atoms with E-state index in [4.69, 9.17) is 11.6 Å². The van der Waals surface area contributed by atoms with Crippen LogP contribution in [-0.4, -0.2) is 14.5 Å². The topological polar surface area (TPSA) is 30.7 Å². The Bertz CT molecular complexity index is 452. The van der Waals surface area contributed by atoms with Crippen molar-refractivity contribution in [1.82, 2.24) is 14.5 Å². The Morgan fingerprint density at radius 3 is 3.08 bits per heavy atom. The summed E-state index contributed by atoms with van der Waals surface area (Å²) in [4.78, 5) is 8.43. The zero-order valence-electron chi connectivity index (χ0n) is 6.96. The summed E-state index contributed by atoms with van der Waals surface area (Å²) in [5.41, 5.74) is 2.79. The first-order chi connectivity index (χ1) is 6.22. The van der Waals surface area contributed by atoms with Crippen LogP contribution in [0.25, 0.3) is 11.2 Å². The van der Waals surface area contributed by atoms with E-state index in [1.807, 2.05) is 17.7 Å². The number of fused-ring (bicyclic) bond motifs is 1. The molecule has 0 radical (unpaired) electrons. The van der Waals surface area contributed by atoms with Crippen LogP contribution >= 0.6 is 27.5 Å². The van der Waals surface area contributed by atoms with E-state index in [2.05, 4.69) is 25.9 Å². The minimum absolute atomic E-state index is 0.505. The Kier molecular flexibility index (Phi) is 2.26. The molecule has 0 unspecified atom stereocenters. The lowest BCUT2D eigenvalue weighted by atomic mass is 10.3. The molecule has 2 rings (SSSR count). The van der Waals surface area contributed by atoms with Crippen LogP contribution in [0.2, 0.25) is 5.15 Å². The van der Waals surface area contributed by atoms with Gasteiger partial charge in [-0.2, -0.15) is 0 Å². The summed E-state index contributed by atoms with van der Waals surface area (Å²) in [5.74, 6) is 0. The summed E-state index contributed by atoms with van der Waals surface area (Å²) in [6, 6.07) is 1.83. The standard InChI is InChI=1S/C8H7BrClN3/c1-13-4-11-7-5(3-9)2-6(10)12-8(7)13/h2,4H,3H2,1H3. The highest BCUT2D eigenvalue weighted by atomic mass is 79.9. The zero-order valence-corrected chi connectivity index (χ0v) is 9.30. The van der Waals surface area contributed by atoms with Crippen molar-refractivity contribution in [1.29, 1.82) is 0 Å². The average Bonchev–Trinajstić information content (AvgIpc) is 2.47. The molecule has 0 bridgehead atoms. The number of rotatable bonds is 1. The lowest BCUT2D eigenvalue weighted by Crippen LogP contribution is -1.90. The smallest absolute Gasteiger partial charge is 0.161 e. The van der Waals surface area contributed by atoms with Gasteiger partial charge in [0.15, 0.2) is 5.65 Å². The Labute approximate surface area is 88.9 Å². The molecular weight excluding hydrogens is 253 g/mol. The third-order valence-corrected chi connectivity index (χ3v) is 2.66. The molecule has 0 aliphatic carbocycles. The molecule has 0 spiro atoms. The van der Waals surface area contributed by atoms with Gasteiger partial charge >= 0.3 is 0 Å². The van der Waals surface area contributed by atoms with Gasteiger partial charge in [-0.15, -0.1) is 0 Å². The lowest BCUT2D eigenvalue weighted by Gasteiger charge is -1.99. The predicted octanol–water partition coefficient (Wildman–Crippen LogP) is 2.52. The number of hydrogen-bond donors (Lipinski definition) is 0. The SMILES string of the molecule is Cn1cnc2c(CBr)cc(Cl)nc21. The number of alkyl halides is 1. The largest absolute Gasteiger partial charge is 0.318 e. The van der Waals surface area contributed by atoms with Crippen LogP contribution in [0.15, 0.2) is 12.4 Å². The molecule has 13 heavy (non-hydrogen) atoms. The van der Waals surface area contributed by atoms with Gasteiger partial charge < -0.3 is 4.57 Å². The van der Waals surface area contributed by atoms with E-state index >= 15 is 0 Å². The Balaban J connectivity index is 2.84. The van der Waals surface area contributed by atoms with Gasteiger partial charge in [-0.05, 0) is 11.6 Å². The van der Waals surface area contributed by atoms with Crippen molar-refractivity contribution in [3.8, 4) is 0 Å². The number of imidazole rings is 1. The van der Waals surface area contributed by atoms with Gasteiger partial charge in [0.25, 0.3) is 0 Å². The number of nitrogens with zero attached hydrogens (tertiary/aromatic N) is 3. The van der Waals surface area contributed by atoms with Gasteiger partial charge in [-0.25, -0.2) is 9.97 Å². The third-order valence-electron chi connectivity index (χ3n) is 1.86. The molecule has 2 heterocycles. The van der Waals surface area contributed by atoms with E-state index in [1.165, 1.54) is 0 Å².